The van der Waals surface area contributed by atoms with Crippen LogP contribution in [0.3, 0.4) is 0 Å². The number of carbonyl (C=O) groups is 2. The molecule has 2 N–H and O–H groups in total. The van der Waals surface area contributed by atoms with Gasteiger partial charge in [-0.1, -0.05) is 19.8 Å². The predicted molar refractivity (Wildman–Crippen MR) is 75.2 cm³/mol. The SMILES string of the molecule is CCCC1(C(=O)O)CCCN1C(=O)NN1CCCCC1. The molecule has 0 spiro atoms. The van der Waals surface area contributed by atoms with E-state index in [2.05, 4.69) is 5.43 Å². The van der Waals surface area contributed by atoms with Gasteiger partial charge in [0, 0.05) is 19.6 Å². The van der Waals surface area contributed by atoms with E-state index in [4.69, 9.17) is 0 Å². The van der Waals surface area contributed by atoms with E-state index < -0.39 is 11.5 Å². The van der Waals surface area contributed by atoms with E-state index >= 15 is 0 Å². The van der Waals surface area contributed by atoms with E-state index in [1.54, 1.807) is 0 Å². The number of hydrogen-bond acceptors (Lipinski definition) is 3. The van der Waals surface area contributed by atoms with Gasteiger partial charge in [-0.05, 0) is 32.1 Å². The third-order valence-electron chi connectivity index (χ3n) is 4.41. The Balaban J connectivity index is 2.04. The van der Waals surface area contributed by atoms with Gasteiger partial charge in [0.15, 0.2) is 0 Å². The predicted octanol–water partition coefficient (Wildman–Crippen LogP) is 1.82. The zero-order valence-electron chi connectivity index (χ0n) is 12.2. The summed E-state index contributed by atoms with van der Waals surface area (Å²) in [6, 6.07) is -0.250. The number of rotatable bonds is 4. The largest absolute Gasteiger partial charge is 0.479 e. The second kappa shape index (κ2) is 6.43. The summed E-state index contributed by atoms with van der Waals surface area (Å²) >= 11 is 0. The second-order valence-corrected chi connectivity index (χ2v) is 5.81. The zero-order chi connectivity index (χ0) is 14.6. The van der Waals surface area contributed by atoms with Gasteiger partial charge >= 0.3 is 12.0 Å². The highest BCUT2D eigenvalue weighted by Gasteiger charge is 2.49. The maximum atomic E-state index is 12.4. The lowest BCUT2D eigenvalue weighted by Gasteiger charge is -2.37. The van der Waals surface area contributed by atoms with Gasteiger partial charge in [-0.25, -0.2) is 14.6 Å². The molecule has 2 heterocycles. The number of piperidine rings is 1. The van der Waals surface area contributed by atoms with E-state index in [1.807, 2.05) is 11.9 Å². The first kappa shape index (κ1) is 15.1. The summed E-state index contributed by atoms with van der Waals surface area (Å²) in [4.78, 5) is 25.6. The molecule has 1 unspecified atom stereocenters. The van der Waals surface area contributed by atoms with Crippen LogP contribution in [0.4, 0.5) is 4.79 Å². The number of hydrazine groups is 1. The van der Waals surface area contributed by atoms with Crippen molar-refractivity contribution in [1.82, 2.24) is 15.3 Å². The topological polar surface area (TPSA) is 72.9 Å². The van der Waals surface area contributed by atoms with Crippen LogP contribution >= 0.6 is 0 Å². The zero-order valence-corrected chi connectivity index (χ0v) is 12.2. The molecule has 0 bridgehead atoms. The van der Waals surface area contributed by atoms with Crippen LogP contribution < -0.4 is 5.43 Å². The lowest BCUT2D eigenvalue weighted by Crippen LogP contribution is -2.59. The molecule has 0 saturated carbocycles. The molecule has 6 heteroatoms. The minimum Gasteiger partial charge on any atom is -0.479 e. The molecule has 20 heavy (non-hydrogen) atoms. The molecule has 0 aromatic heterocycles. The fourth-order valence-corrected chi connectivity index (χ4v) is 3.38. The number of nitrogens with one attached hydrogen (secondary N) is 1. The molecule has 0 aliphatic carbocycles. The molecule has 114 valence electrons. The van der Waals surface area contributed by atoms with E-state index in [-0.39, 0.29) is 6.03 Å². The van der Waals surface area contributed by atoms with Gasteiger partial charge in [0.2, 0.25) is 0 Å². The molecule has 6 nitrogen and oxygen atoms in total. The summed E-state index contributed by atoms with van der Waals surface area (Å²) in [5.74, 6) is -0.870. The number of hydrogen-bond donors (Lipinski definition) is 2. The molecule has 2 rings (SSSR count). The smallest absolute Gasteiger partial charge is 0.332 e. The summed E-state index contributed by atoms with van der Waals surface area (Å²) in [5, 5.41) is 11.5. The van der Waals surface area contributed by atoms with Crippen molar-refractivity contribution in [1.29, 1.82) is 0 Å². The number of aliphatic carboxylic acids is 1. The van der Waals surface area contributed by atoms with Gasteiger partial charge < -0.3 is 10.0 Å². The Morgan fingerprint density at radius 3 is 2.45 bits per heavy atom. The van der Waals surface area contributed by atoms with Crippen molar-refractivity contribution in [2.45, 2.75) is 57.4 Å². The molecule has 2 aliphatic rings. The lowest BCUT2D eigenvalue weighted by molar-refractivity contribution is -0.148. The van der Waals surface area contributed by atoms with Gasteiger partial charge in [-0.3, -0.25) is 5.43 Å². The molecule has 0 radical (unpaired) electrons. The van der Waals surface area contributed by atoms with Crippen molar-refractivity contribution in [2.24, 2.45) is 0 Å². The average Bonchev–Trinajstić information content (AvgIpc) is 2.85. The standard InChI is InChI=1S/C14H25N3O3/c1-2-7-14(12(18)19)8-6-11-17(14)13(20)15-16-9-4-3-5-10-16/h2-11H2,1H3,(H,15,20)(H,18,19). The molecule has 2 aliphatic heterocycles. The summed E-state index contributed by atoms with van der Waals surface area (Å²) < 4.78 is 0. The Kier molecular flexibility index (Phi) is 4.86. The minimum absolute atomic E-state index is 0.250. The fourth-order valence-electron chi connectivity index (χ4n) is 3.38. The number of nitrogens with zero attached hydrogens (tertiary/aromatic N) is 2. The van der Waals surface area contributed by atoms with Crippen molar-refractivity contribution < 1.29 is 14.7 Å². The molecular weight excluding hydrogens is 258 g/mol. The van der Waals surface area contributed by atoms with Crippen LogP contribution in [0.1, 0.15) is 51.9 Å². The summed E-state index contributed by atoms with van der Waals surface area (Å²) in [5.41, 5.74) is 1.88. The highest BCUT2D eigenvalue weighted by atomic mass is 16.4. The molecule has 2 fully saturated rings. The third-order valence-corrected chi connectivity index (χ3v) is 4.41. The Morgan fingerprint density at radius 2 is 1.85 bits per heavy atom. The Labute approximate surface area is 120 Å². The maximum Gasteiger partial charge on any atom is 0.332 e. The molecule has 2 amide bonds. The number of carbonyl (C=O) groups excluding carboxylic acids is 1. The fraction of sp³-hybridized carbons (Fsp3) is 0.857. The van der Waals surface area contributed by atoms with E-state index in [0.29, 0.717) is 19.4 Å². The number of carboxylic acid groups (broad SMARTS) is 1. The van der Waals surface area contributed by atoms with Crippen molar-refractivity contribution >= 4 is 12.0 Å². The quantitative estimate of drug-likeness (QED) is 0.825. The van der Waals surface area contributed by atoms with Crippen molar-refractivity contribution in [3.63, 3.8) is 0 Å². The van der Waals surface area contributed by atoms with Crippen molar-refractivity contribution in [3.8, 4) is 0 Å². The van der Waals surface area contributed by atoms with Gasteiger partial charge in [-0.2, -0.15) is 0 Å². The first-order valence-electron chi connectivity index (χ1n) is 7.67. The highest BCUT2D eigenvalue weighted by molar-refractivity contribution is 5.86. The number of likely N-dealkylation sites (tertiary alicyclic amines) is 1. The van der Waals surface area contributed by atoms with Crippen LogP contribution in [0.2, 0.25) is 0 Å². The van der Waals surface area contributed by atoms with Crippen LogP contribution in [0.5, 0.6) is 0 Å². The molecule has 1 atom stereocenters. The first-order chi connectivity index (χ1) is 9.60. The number of urea groups is 1. The minimum atomic E-state index is -1.01. The van der Waals surface area contributed by atoms with E-state index in [9.17, 15) is 14.7 Å². The normalized spacial score (nSPS) is 27.6. The van der Waals surface area contributed by atoms with Gasteiger partial charge in [0.25, 0.3) is 0 Å². The van der Waals surface area contributed by atoms with Gasteiger partial charge in [0.1, 0.15) is 5.54 Å². The van der Waals surface area contributed by atoms with Crippen molar-refractivity contribution in [3.05, 3.63) is 0 Å². The average molecular weight is 283 g/mol. The van der Waals surface area contributed by atoms with Crippen LogP contribution in [-0.4, -0.2) is 52.2 Å². The summed E-state index contributed by atoms with van der Waals surface area (Å²) in [7, 11) is 0. The van der Waals surface area contributed by atoms with E-state index in [1.165, 1.54) is 11.3 Å². The third kappa shape index (κ3) is 2.90. The maximum absolute atomic E-state index is 12.4. The second-order valence-electron chi connectivity index (χ2n) is 5.81. The van der Waals surface area contributed by atoms with E-state index in [0.717, 1.165) is 38.8 Å². The monoisotopic (exact) mass is 283 g/mol. The molecule has 2 saturated heterocycles. The van der Waals surface area contributed by atoms with Crippen LogP contribution in [0.15, 0.2) is 0 Å². The van der Waals surface area contributed by atoms with Gasteiger partial charge in [-0.15, -0.1) is 0 Å². The Morgan fingerprint density at radius 1 is 1.15 bits per heavy atom. The van der Waals surface area contributed by atoms with Crippen LogP contribution in [-0.2, 0) is 4.79 Å². The molecule has 0 aromatic carbocycles. The van der Waals surface area contributed by atoms with Gasteiger partial charge in [0.05, 0.1) is 0 Å². The lowest BCUT2D eigenvalue weighted by atomic mass is 9.91. The number of amides is 2. The van der Waals surface area contributed by atoms with Crippen LogP contribution in [0, 0.1) is 0 Å². The molecular formula is C14H25N3O3. The highest BCUT2D eigenvalue weighted by Crippen LogP contribution is 2.34. The Hall–Kier alpha value is -1.30. The van der Waals surface area contributed by atoms with Crippen molar-refractivity contribution in [2.75, 3.05) is 19.6 Å². The van der Waals surface area contributed by atoms with Crippen LogP contribution in [0.25, 0.3) is 0 Å². The summed E-state index contributed by atoms with van der Waals surface area (Å²) in [6.45, 7) is 4.20. The molecule has 0 aromatic rings. The summed E-state index contributed by atoms with van der Waals surface area (Å²) in [6.07, 6.45) is 5.97. The first-order valence-corrected chi connectivity index (χ1v) is 7.67. The number of carboxylic acids is 1. The Bertz CT molecular complexity index is 369.